The lowest BCUT2D eigenvalue weighted by Crippen LogP contribution is -2.33. The van der Waals surface area contributed by atoms with Crippen molar-refractivity contribution >= 4 is 16.5 Å². The summed E-state index contributed by atoms with van der Waals surface area (Å²) in [5.41, 5.74) is 5.14. The van der Waals surface area contributed by atoms with Gasteiger partial charge in [0.15, 0.2) is 11.6 Å². The Balaban J connectivity index is 1.42. The summed E-state index contributed by atoms with van der Waals surface area (Å²) in [6.45, 7) is 6.88. The molecule has 8 heteroatoms. The Labute approximate surface area is 203 Å². The lowest BCUT2D eigenvalue weighted by molar-refractivity contribution is 0.181. The fourth-order valence-electron chi connectivity index (χ4n) is 4.80. The first-order chi connectivity index (χ1) is 17.0. The number of fused-ring (bicyclic) bond motifs is 1. The highest BCUT2D eigenvalue weighted by molar-refractivity contribution is 5.94. The van der Waals surface area contributed by atoms with E-state index in [0.717, 1.165) is 42.9 Å². The third kappa shape index (κ3) is 4.47. The summed E-state index contributed by atoms with van der Waals surface area (Å²) in [5, 5.41) is 27.0. The monoisotopic (exact) mass is 475 g/mol. The van der Waals surface area contributed by atoms with Gasteiger partial charge in [0.1, 0.15) is 17.0 Å². The summed E-state index contributed by atoms with van der Waals surface area (Å²) < 4.78 is 15.5. The first-order valence-electron chi connectivity index (χ1n) is 12.0. The highest BCUT2D eigenvalue weighted by Crippen LogP contribution is 2.35. The van der Waals surface area contributed by atoms with Gasteiger partial charge in [-0.1, -0.05) is 32.1 Å². The Morgan fingerprint density at radius 1 is 1.20 bits per heavy atom. The van der Waals surface area contributed by atoms with Crippen molar-refractivity contribution in [2.45, 2.75) is 26.7 Å². The van der Waals surface area contributed by atoms with E-state index < -0.39 is 5.82 Å². The molecule has 0 bridgehead atoms. The number of aromatic nitrogens is 4. The molecule has 0 spiro atoms. The Morgan fingerprint density at radius 2 is 2.03 bits per heavy atom. The van der Waals surface area contributed by atoms with Crippen molar-refractivity contribution in [1.29, 1.82) is 0 Å². The number of nitrogens with zero attached hydrogens (tertiary/aromatic N) is 3. The van der Waals surface area contributed by atoms with Crippen LogP contribution in [0.3, 0.4) is 0 Å². The summed E-state index contributed by atoms with van der Waals surface area (Å²) in [6, 6.07) is 8.61. The zero-order valence-electron chi connectivity index (χ0n) is 20.0. The molecule has 2 aromatic heterocycles. The maximum absolute atomic E-state index is 15.5. The van der Waals surface area contributed by atoms with Crippen LogP contribution in [0.15, 0.2) is 42.6 Å². The minimum Gasteiger partial charge on any atom is -0.508 e. The first-order valence-corrected chi connectivity index (χ1v) is 12.0. The number of hydrogen-bond acceptors (Lipinski definition) is 5. The minimum atomic E-state index is -0.399. The predicted octanol–water partition coefficient (Wildman–Crippen LogP) is 4.74. The summed E-state index contributed by atoms with van der Waals surface area (Å²) in [5.74, 6) is 0.652. The van der Waals surface area contributed by atoms with E-state index in [9.17, 15) is 10.2 Å². The summed E-state index contributed by atoms with van der Waals surface area (Å²) >= 11 is 0. The molecule has 0 saturated heterocycles. The molecule has 4 aromatic rings. The summed E-state index contributed by atoms with van der Waals surface area (Å²) in [4.78, 5) is 10.3. The second-order valence-electron chi connectivity index (χ2n) is 9.29. The van der Waals surface area contributed by atoms with E-state index in [1.807, 2.05) is 26.1 Å². The molecule has 1 atom stereocenters. The molecule has 1 aliphatic rings. The standard InChI is InChI=1S/C27H30FN5O2/c1-3-17-12-19(35)4-5-20(17)21-6-7-22-25(24(21)28)31-32-26(22)27-29-13-23(30-27)18-8-10-33(11-9-18)14-16(2)15-34/h4-8,12-13,16,34-35H,3,9-11,14-15H2,1-2H3,(H,29,30)(H,31,32)/t16-/m0/s1. The van der Waals surface area contributed by atoms with E-state index >= 15 is 4.39 Å². The lowest BCUT2D eigenvalue weighted by Gasteiger charge is -2.27. The van der Waals surface area contributed by atoms with Crippen molar-refractivity contribution in [1.82, 2.24) is 25.1 Å². The molecule has 0 amide bonds. The van der Waals surface area contributed by atoms with E-state index in [1.54, 1.807) is 24.3 Å². The second kappa shape index (κ2) is 9.64. The number of H-pyrrole nitrogens is 2. The number of aromatic hydroxyl groups is 1. The Hall–Kier alpha value is -3.49. The number of aliphatic hydroxyl groups excluding tert-OH is 1. The van der Waals surface area contributed by atoms with E-state index in [1.165, 1.54) is 5.57 Å². The smallest absolute Gasteiger partial charge is 0.159 e. The van der Waals surface area contributed by atoms with Crippen molar-refractivity contribution in [3.63, 3.8) is 0 Å². The van der Waals surface area contributed by atoms with E-state index in [-0.39, 0.29) is 23.8 Å². The number of aryl methyl sites for hydroxylation is 1. The van der Waals surface area contributed by atoms with Crippen LogP contribution in [0.1, 0.15) is 31.5 Å². The van der Waals surface area contributed by atoms with Gasteiger partial charge in [-0.05, 0) is 53.7 Å². The molecular weight excluding hydrogens is 445 g/mol. The number of rotatable bonds is 7. The topological polar surface area (TPSA) is 101 Å². The van der Waals surface area contributed by atoms with Crippen LogP contribution in [0, 0.1) is 11.7 Å². The average molecular weight is 476 g/mol. The summed E-state index contributed by atoms with van der Waals surface area (Å²) in [7, 11) is 0. The fourth-order valence-corrected chi connectivity index (χ4v) is 4.80. The van der Waals surface area contributed by atoms with Crippen molar-refractivity contribution in [3.8, 4) is 28.4 Å². The molecule has 2 aromatic carbocycles. The Morgan fingerprint density at radius 3 is 2.77 bits per heavy atom. The zero-order chi connectivity index (χ0) is 24.5. The van der Waals surface area contributed by atoms with Gasteiger partial charge in [0.25, 0.3) is 0 Å². The molecule has 0 unspecified atom stereocenters. The van der Waals surface area contributed by atoms with Crippen molar-refractivity contribution in [3.05, 3.63) is 59.7 Å². The van der Waals surface area contributed by atoms with Gasteiger partial charge in [-0.3, -0.25) is 10.00 Å². The molecule has 0 fully saturated rings. The molecule has 4 N–H and O–H groups in total. The van der Waals surface area contributed by atoms with Crippen LogP contribution in [-0.2, 0) is 6.42 Å². The number of imidazole rings is 1. The number of halogens is 1. The zero-order valence-corrected chi connectivity index (χ0v) is 20.0. The van der Waals surface area contributed by atoms with Crippen LogP contribution in [0.4, 0.5) is 4.39 Å². The molecule has 1 aliphatic heterocycles. The molecule has 35 heavy (non-hydrogen) atoms. The van der Waals surface area contributed by atoms with Gasteiger partial charge in [-0.15, -0.1) is 0 Å². The maximum Gasteiger partial charge on any atom is 0.159 e. The molecule has 0 saturated carbocycles. The van der Waals surface area contributed by atoms with Gasteiger partial charge >= 0.3 is 0 Å². The SMILES string of the molecule is CCc1cc(O)ccc1-c1ccc2c(-c3ncc(C4=CCN(C[C@H](C)CO)CC4)[nH]3)[nH]nc2c1F. The maximum atomic E-state index is 15.5. The largest absolute Gasteiger partial charge is 0.508 e. The van der Waals surface area contributed by atoms with Crippen molar-refractivity contribution in [2.75, 3.05) is 26.2 Å². The number of aliphatic hydroxyl groups is 1. The van der Waals surface area contributed by atoms with Crippen molar-refractivity contribution in [2.24, 2.45) is 5.92 Å². The van der Waals surface area contributed by atoms with E-state index in [4.69, 9.17) is 0 Å². The van der Waals surface area contributed by atoms with Gasteiger partial charge in [0.05, 0.1) is 11.9 Å². The lowest BCUT2D eigenvalue weighted by atomic mass is 9.96. The Kier molecular flexibility index (Phi) is 6.40. The van der Waals surface area contributed by atoms with Gasteiger partial charge in [-0.25, -0.2) is 9.37 Å². The van der Waals surface area contributed by atoms with E-state index in [2.05, 4.69) is 31.1 Å². The predicted molar refractivity (Wildman–Crippen MR) is 135 cm³/mol. The highest BCUT2D eigenvalue weighted by atomic mass is 19.1. The van der Waals surface area contributed by atoms with Crippen LogP contribution in [0.5, 0.6) is 5.75 Å². The fraction of sp³-hybridized carbons (Fsp3) is 0.333. The quantitative estimate of drug-likeness (QED) is 0.309. The molecule has 7 nitrogen and oxygen atoms in total. The third-order valence-electron chi connectivity index (χ3n) is 6.76. The summed E-state index contributed by atoms with van der Waals surface area (Å²) in [6.07, 6.45) is 5.59. The number of benzene rings is 2. The van der Waals surface area contributed by atoms with Crippen LogP contribution < -0.4 is 0 Å². The van der Waals surface area contributed by atoms with Crippen LogP contribution in [0.2, 0.25) is 0 Å². The highest BCUT2D eigenvalue weighted by Gasteiger charge is 2.20. The minimum absolute atomic E-state index is 0.170. The third-order valence-corrected chi connectivity index (χ3v) is 6.76. The van der Waals surface area contributed by atoms with Gasteiger partial charge < -0.3 is 15.2 Å². The number of aromatic amines is 2. The molecule has 3 heterocycles. The average Bonchev–Trinajstić information content (AvgIpc) is 3.52. The number of phenols is 1. The molecular formula is C27H30FN5O2. The van der Waals surface area contributed by atoms with Crippen molar-refractivity contribution < 1.29 is 14.6 Å². The van der Waals surface area contributed by atoms with Crippen LogP contribution >= 0.6 is 0 Å². The normalized spacial score (nSPS) is 15.5. The van der Waals surface area contributed by atoms with E-state index in [0.29, 0.717) is 28.9 Å². The first kappa shape index (κ1) is 23.3. The second-order valence-corrected chi connectivity index (χ2v) is 9.29. The molecule has 0 aliphatic carbocycles. The molecule has 0 radical (unpaired) electrons. The molecule has 182 valence electrons. The van der Waals surface area contributed by atoms with Gasteiger partial charge in [-0.2, -0.15) is 5.10 Å². The van der Waals surface area contributed by atoms with Crippen LogP contribution in [-0.4, -0.2) is 61.5 Å². The van der Waals surface area contributed by atoms with Gasteiger partial charge in [0.2, 0.25) is 0 Å². The molecule has 5 rings (SSSR count). The Bertz CT molecular complexity index is 1390. The number of phenolic OH excluding ortho intramolecular Hbond substituents is 1. The van der Waals surface area contributed by atoms with Gasteiger partial charge in [0, 0.05) is 37.2 Å². The number of nitrogens with one attached hydrogen (secondary N) is 2. The van der Waals surface area contributed by atoms with Crippen LogP contribution in [0.25, 0.3) is 39.1 Å². The number of hydrogen-bond donors (Lipinski definition) is 4.